The van der Waals surface area contributed by atoms with Gasteiger partial charge >= 0.3 is 16.4 Å². The van der Waals surface area contributed by atoms with Crippen LogP contribution in [0.4, 0.5) is 0 Å². The Hall–Kier alpha value is -2.40. The Morgan fingerprint density at radius 2 is 0.778 bits per heavy atom. The lowest BCUT2D eigenvalue weighted by Gasteiger charge is -2.19. The van der Waals surface area contributed by atoms with Crippen molar-refractivity contribution in [3.05, 3.63) is 91.0 Å². The molecule has 0 aromatic heterocycles. The number of phosphoric ester groups is 1. The van der Waals surface area contributed by atoms with Gasteiger partial charge in [-0.2, -0.15) is 4.57 Å². The number of phosphoric acid groups is 1. The van der Waals surface area contributed by atoms with Gasteiger partial charge in [-0.3, -0.25) is 0 Å². The highest BCUT2D eigenvalue weighted by Gasteiger charge is 2.33. The topological polar surface area (TPSA) is 105 Å². The molecule has 0 atom stereocenters. The van der Waals surface area contributed by atoms with Crippen molar-refractivity contribution in [2.24, 2.45) is 0 Å². The first-order valence-corrected chi connectivity index (χ1v) is 10.3. The van der Waals surface area contributed by atoms with Gasteiger partial charge in [-0.05, 0) is 36.4 Å². The Bertz CT molecular complexity index is 719. The van der Waals surface area contributed by atoms with E-state index in [0.717, 1.165) is 0 Å². The molecule has 3 rings (SSSR count). The molecule has 9 heteroatoms. The van der Waals surface area contributed by atoms with Crippen LogP contribution in [0.5, 0.6) is 17.2 Å². The van der Waals surface area contributed by atoms with Crippen LogP contribution in [0.2, 0.25) is 0 Å². The maximum Gasteiger partial charge on any atom is 0.647 e. The lowest BCUT2D eigenvalue weighted by Crippen LogP contribution is -2.07. The van der Waals surface area contributed by atoms with E-state index in [1.165, 1.54) is 0 Å². The van der Waals surface area contributed by atoms with Gasteiger partial charge in [0.2, 0.25) is 0 Å². The SMILES string of the molecule is O=P(Oc1ccccc1)(Oc1ccccc1)Oc1ccccc1.OP(O)O. The van der Waals surface area contributed by atoms with Crippen LogP contribution >= 0.6 is 16.4 Å². The fourth-order valence-corrected chi connectivity index (χ4v) is 3.14. The minimum absolute atomic E-state index is 0.405. The maximum absolute atomic E-state index is 13.1. The van der Waals surface area contributed by atoms with Gasteiger partial charge in [0, 0.05) is 0 Å². The average Bonchev–Trinajstić information content (AvgIpc) is 2.63. The highest BCUT2D eigenvalue weighted by atomic mass is 31.2. The molecule has 7 nitrogen and oxygen atoms in total. The van der Waals surface area contributed by atoms with Crippen LogP contribution in [0.25, 0.3) is 0 Å². The molecule has 0 bridgehead atoms. The number of benzene rings is 3. The van der Waals surface area contributed by atoms with Crippen molar-refractivity contribution < 1.29 is 32.8 Å². The minimum Gasteiger partial charge on any atom is -0.386 e. The second-order valence-electron chi connectivity index (χ2n) is 4.93. The third-order valence-electron chi connectivity index (χ3n) is 2.88. The van der Waals surface area contributed by atoms with Crippen molar-refractivity contribution in [3.63, 3.8) is 0 Å². The first kappa shape index (κ1) is 20.9. The van der Waals surface area contributed by atoms with E-state index >= 15 is 0 Å². The van der Waals surface area contributed by atoms with Crippen molar-refractivity contribution in [2.75, 3.05) is 0 Å². The van der Waals surface area contributed by atoms with Crippen LogP contribution in [0, 0.1) is 0 Å². The smallest absolute Gasteiger partial charge is 0.386 e. The van der Waals surface area contributed by atoms with Crippen molar-refractivity contribution in [1.29, 1.82) is 0 Å². The third-order valence-corrected chi connectivity index (χ3v) is 4.18. The van der Waals surface area contributed by atoms with Crippen LogP contribution in [0.15, 0.2) is 91.0 Å². The molecule has 0 aliphatic heterocycles. The van der Waals surface area contributed by atoms with Crippen LogP contribution in [0.3, 0.4) is 0 Å². The molecule has 3 aromatic carbocycles. The molecule has 0 saturated carbocycles. The Kier molecular flexibility index (Phi) is 8.27. The Morgan fingerprint density at radius 1 is 0.556 bits per heavy atom. The first-order chi connectivity index (χ1) is 13.0. The van der Waals surface area contributed by atoms with Crippen LogP contribution in [0.1, 0.15) is 0 Å². The van der Waals surface area contributed by atoms with Gasteiger partial charge < -0.3 is 28.3 Å². The molecule has 3 aromatic rings. The molecule has 142 valence electrons. The second-order valence-corrected chi connectivity index (χ2v) is 6.91. The maximum atomic E-state index is 13.1. The monoisotopic (exact) mass is 408 g/mol. The summed E-state index contributed by atoms with van der Waals surface area (Å²) in [6.45, 7) is 0. The molecule has 0 amide bonds. The standard InChI is InChI=1S/C18H15O4P.H3O3P/c19-23(20-16-10-4-1-5-11-16,21-17-12-6-2-7-13-17)22-18-14-8-3-9-15-18;1-4(2)3/h1-15H;1-3H. The molecule has 3 N–H and O–H groups in total. The van der Waals surface area contributed by atoms with Crippen LogP contribution < -0.4 is 13.6 Å². The highest BCUT2D eigenvalue weighted by Crippen LogP contribution is 2.49. The predicted molar refractivity (Wildman–Crippen MR) is 102 cm³/mol. The molecular weight excluding hydrogens is 390 g/mol. The Balaban J connectivity index is 0.000000596. The van der Waals surface area contributed by atoms with Crippen molar-refractivity contribution in [3.8, 4) is 17.2 Å². The molecule has 0 heterocycles. The van der Waals surface area contributed by atoms with Crippen LogP contribution in [-0.2, 0) is 4.57 Å². The summed E-state index contributed by atoms with van der Waals surface area (Å²) in [7, 11) is -6.51. The van der Waals surface area contributed by atoms with E-state index in [2.05, 4.69) is 0 Å². The highest BCUT2D eigenvalue weighted by molar-refractivity contribution is 7.49. The lowest BCUT2D eigenvalue weighted by atomic mass is 10.3. The van der Waals surface area contributed by atoms with E-state index in [1.54, 1.807) is 72.8 Å². The zero-order chi connectivity index (χ0) is 19.5. The Morgan fingerprint density at radius 3 is 1.00 bits per heavy atom. The molecule has 0 aliphatic rings. The molecule has 0 radical (unpaired) electrons. The summed E-state index contributed by atoms with van der Waals surface area (Å²) in [5.74, 6) is 1.22. The van der Waals surface area contributed by atoms with Gasteiger partial charge in [-0.1, -0.05) is 54.6 Å². The predicted octanol–water partition coefficient (Wildman–Crippen LogP) is 4.52. The lowest BCUT2D eigenvalue weighted by molar-refractivity contribution is 0.298. The summed E-state index contributed by atoms with van der Waals surface area (Å²) in [5, 5.41) is 0. The summed E-state index contributed by atoms with van der Waals surface area (Å²) < 4.78 is 29.6. The second kappa shape index (κ2) is 10.7. The van der Waals surface area contributed by atoms with E-state index < -0.39 is 16.4 Å². The molecule has 0 unspecified atom stereocenters. The van der Waals surface area contributed by atoms with Gasteiger partial charge in [0.1, 0.15) is 17.2 Å². The summed E-state index contributed by atoms with van der Waals surface area (Å²) in [4.78, 5) is 21.7. The molecule has 0 spiro atoms. The molecule has 0 saturated heterocycles. The number of para-hydroxylation sites is 3. The fourth-order valence-electron chi connectivity index (χ4n) is 1.89. The summed E-state index contributed by atoms with van der Waals surface area (Å²) >= 11 is 0. The van der Waals surface area contributed by atoms with Gasteiger partial charge in [0.15, 0.2) is 0 Å². The molecule has 0 aliphatic carbocycles. The van der Waals surface area contributed by atoms with Gasteiger partial charge in [-0.25, -0.2) is 0 Å². The van der Waals surface area contributed by atoms with E-state index in [1.807, 2.05) is 18.2 Å². The van der Waals surface area contributed by atoms with Gasteiger partial charge in [-0.15, -0.1) is 0 Å². The quantitative estimate of drug-likeness (QED) is 0.515. The zero-order valence-corrected chi connectivity index (χ0v) is 15.8. The zero-order valence-electron chi connectivity index (χ0n) is 14.0. The number of hydrogen-bond donors (Lipinski definition) is 3. The molecule has 0 fully saturated rings. The van der Waals surface area contributed by atoms with Crippen molar-refractivity contribution >= 4 is 16.4 Å². The number of hydrogen-bond acceptors (Lipinski definition) is 7. The van der Waals surface area contributed by atoms with Gasteiger partial charge in [0.25, 0.3) is 0 Å². The van der Waals surface area contributed by atoms with E-state index in [-0.39, 0.29) is 0 Å². The van der Waals surface area contributed by atoms with Gasteiger partial charge in [0.05, 0.1) is 0 Å². The minimum atomic E-state index is -3.89. The Labute approximate surface area is 158 Å². The summed E-state index contributed by atoms with van der Waals surface area (Å²) in [6, 6.07) is 26.4. The largest absolute Gasteiger partial charge is 0.647 e. The molecular formula is C18H18O7P2. The summed E-state index contributed by atoms with van der Waals surface area (Å²) in [5.41, 5.74) is 0. The fraction of sp³-hybridized carbons (Fsp3) is 0. The van der Waals surface area contributed by atoms with E-state index in [9.17, 15) is 4.57 Å². The molecule has 27 heavy (non-hydrogen) atoms. The van der Waals surface area contributed by atoms with Crippen LogP contribution in [-0.4, -0.2) is 14.7 Å². The third kappa shape index (κ3) is 8.22. The van der Waals surface area contributed by atoms with Crippen molar-refractivity contribution in [2.45, 2.75) is 0 Å². The summed E-state index contributed by atoms with van der Waals surface area (Å²) in [6.07, 6.45) is 0. The van der Waals surface area contributed by atoms with E-state index in [0.29, 0.717) is 17.2 Å². The first-order valence-electron chi connectivity index (χ1n) is 7.67. The average molecular weight is 408 g/mol. The van der Waals surface area contributed by atoms with Crippen molar-refractivity contribution in [1.82, 2.24) is 0 Å². The van der Waals surface area contributed by atoms with E-state index in [4.69, 9.17) is 28.3 Å². The number of rotatable bonds is 6. The normalized spacial score (nSPS) is 10.5.